The van der Waals surface area contributed by atoms with Gasteiger partial charge in [-0.3, -0.25) is 4.79 Å². The minimum atomic E-state index is -0.361. The number of fused-ring (bicyclic) bond motifs is 3. The number of thiophene rings is 1. The van der Waals surface area contributed by atoms with Crippen molar-refractivity contribution in [1.29, 1.82) is 0 Å². The van der Waals surface area contributed by atoms with Crippen LogP contribution in [0.2, 0.25) is 10.0 Å². The maximum Gasteiger partial charge on any atom is 0.256 e. The Kier molecular flexibility index (Phi) is 4.49. The van der Waals surface area contributed by atoms with E-state index >= 15 is 0 Å². The molecule has 0 fully saturated rings. The zero-order chi connectivity index (χ0) is 18.6. The smallest absolute Gasteiger partial charge is 0.256 e. The molecule has 4 rings (SSSR count). The molecular weight excluding hydrogens is 387 g/mol. The molecule has 0 saturated carbocycles. The first kappa shape index (κ1) is 18.1. The van der Waals surface area contributed by atoms with Crippen LogP contribution in [0.4, 0.5) is 5.00 Å². The van der Waals surface area contributed by atoms with Crippen LogP contribution >= 0.6 is 34.5 Å². The summed E-state index contributed by atoms with van der Waals surface area (Å²) < 4.78 is 0. The van der Waals surface area contributed by atoms with Gasteiger partial charge in [-0.2, -0.15) is 0 Å². The summed E-state index contributed by atoms with van der Waals surface area (Å²) in [7, 11) is 0. The lowest BCUT2D eigenvalue weighted by Crippen LogP contribution is -2.38. The van der Waals surface area contributed by atoms with Gasteiger partial charge in [0.15, 0.2) is 0 Å². The predicted molar refractivity (Wildman–Crippen MR) is 110 cm³/mol. The number of nitrogens with one attached hydrogen (secondary N) is 2. The minimum Gasteiger partial charge on any atom is -0.353 e. The van der Waals surface area contributed by atoms with Gasteiger partial charge in [0.1, 0.15) is 11.2 Å². The van der Waals surface area contributed by atoms with Crippen molar-refractivity contribution in [3.63, 3.8) is 0 Å². The van der Waals surface area contributed by atoms with Crippen LogP contribution in [0.15, 0.2) is 18.2 Å². The van der Waals surface area contributed by atoms with E-state index in [1.165, 1.54) is 10.4 Å². The van der Waals surface area contributed by atoms with Crippen LogP contribution < -0.4 is 10.6 Å². The molecule has 0 unspecified atom stereocenters. The summed E-state index contributed by atoms with van der Waals surface area (Å²) in [5, 5.41) is 8.43. The summed E-state index contributed by atoms with van der Waals surface area (Å²) >= 11 is 14.2. The zero-order valence-corrected chi connectivity index (χ0v) is 17.4. The highest BCUT2D eigenvalue weighted by atomic mass is 35.5. The molecule has 1 amide bonds. The Morgan fingerprint density at radius 2 is 1.96 bits per heavy atom. The van der Waals surface area contributed by atoms with E-state index in [2.05, 4.69) is 31.4 Å². The molecule has 138 valence electrons. The molecule has 1 aliphatic heterocycles. The SMILES string of the molecule is CC(C)(C)[C@H]1CCc2c(sc3c2C(=O)N[C@H](c2cccc(Cl)c2Cl)N3)C1. The number of anilines is 1. The van der Waals surface area contributed by atoms with Gasteiger partial charge in [0.05, 0.1) is 15.6 Å². The Bertz CT molecular complexity index is 885. The normalized spacial score (nSPS) is 22.3. The second-order valence-electron chi connectivity index (χ2n) is 8.21. The fourth-order valence-corrected chi connectivity index (χ4v) is 5.71. The predicted octanol–water partition coefficient (Wildman–Crippen LogP) is 6.06. The van der Waals surface area contributed by atoms with Gasteiger partial charge in [0.2, 0.25) is 0 Å². The van der Waals surface area contributed by atoms with E-state index < -0.39 is 0 Å². The highest BCUT2D eigenvalue weighted by Crippen LogP contribution is 2.46. The summed E-state index contributed by atoms with van der Waals surface area (Å²) in [4.78, 5) is 14.2. The molecule has 2 aromatic rings. The van der Waals surface area contributed by atoms with Gasteiger partial charge in [0.25, 0.3) is 5.91 Å². The first-order valence-corrected chi connectivity index (χ1v) is 10.5. The monoisotopic (exact) mass is 408 g/mol. The summed E-state index contributed by atoms with van der Waals surface area (Å²) in [5.74, 6) is 0.628. The number of rotatable bonds is 1. The average Bonchev–Trinajstić information content (AvgIpc) is 2.94. The first-order valence-electron chi connectivity index (χ1n) is 8.91. The Morgan fingerprint density at radius 3 is 2.69 bits per heavy atom. The van der Waals surface area contributed by atoms with Crippen molar-refractivity contribution < 1.29 is 4.79 Å². The van der Waals surface area contributed by atoms with Crippen LogP contribution in [0, 0.1) is 11.3 Å². The van der Waals surface area contributed by atoms with Crippen molar-refractivity contribution in [3.05, 3.63) is 49.8 Å². The summed E-state index contributed by atoms with van der Waals surface area (Å²) in [6.45, 7) is 6.91. The number of benzene rings is 1. The highest BCUT2D eigenvalue weighted by Gasteiger charge is 2.36. The van der Waals surface area contributed by atoms with Crippen molar-refractivity contribution in [1.82, 2.24) is 5.32 Å². The summed E-state index contributed by atoms with van der Waals surface area (Å²) in [6, 6.07) is 5.49. The van der Waals surface area contributed by atoms with Gasteiger partial charge in [0, 0.05) is 10.4 Å². The molecule has 0 spiro atoms. The third kappa shape index (κ3) is 3.02. The van der Waals surface area contributed by atoms with E-state index in [9.17, 15) is 4.79 Å². The Morgan fingerprint density at radius 1 is 1.19 bits per heavy atom. The van der Waals surface area contributed by atoms with Gasteiger partial charge >= 0.3 is 0 Å². The standard InChI is InChI=1S/C20H22Cl2N2OS/c1-20(2,3)10-7-8-11-14(9-10)26-19-15(11)18(25)23-17(24-19)12-5-4-6-13(21)16(12)22/h4-6,10,17,24H,7-9H2,1-3H3,(H,23,25)/t10-,17-/m0/s1. The number of amides is 1. The molecule has 2 heterocycles. The number of halogens is 2. The molecule has 0 bridgehead atoms. The van der Waals surface area contributed by atoms with Crippen LogP contribution in [-0.2, 0) is 12.8 Å². The van der Waals surface area contributed by atoms with Gasteiger partial charge in [-0.25, -0.2) is 0 Å². The number of carbonyl (C=O) groups is 1. The molecule has 3 nitrogen and oxygen atoms in total. The molecule has 2 aliphatic rings. The second-order valence-corrected chi connectivity index (χ2v) is 10.1. The molecule has 2 N–H and O–H groups in total. The third-order valence-electron chi connectivity index (χ3n) is 5.56. The molecule has 1 aromatic carbocycles. The van der Waals surface area contributed by atoms with Crippen LogP contribution in [0.5, 0.6) is 0 Å². The second kappa shape index (κ2) is 6.43. The maximum absolute atomic E-state index is 12.9. The summed E-state index contributed by atoms with van der Waals surface area (Å²) in [6.07, 6.45) is 2.80. The average molecular weight is 409 g/mol. The molecule has 2 atom stereocenters. The van der Waals surface area contributed by atoms with Gasteiger partial charge in [-0.05, 0) is 42.2 Å². The van der Waals surface area contributed by atoms with Gasteiger partial charge in [-0.1, -0.05) is 56.1 Å². The Balaban J connectivity index is 1.68. The lowest BCUT2D eigenvalue weighted by molar-refractivity contribution is 0.0935. The van der Waals surface area contributed by atoms with E-state index in [1.54, 1.807) is 17.4 Å². The first-order chi connectivity index (χ1) is 12.3. The Labute approximate surface area is 168 Å². The molecular formula is C20H22Cl2N2OS. The third-order valence-corrected chi connectivity index (χ3v) is 7.58. The van der Waals surface area contributed by atoms with Gasteiger partial charge < -0.3 is 10.6 Å². The van der Waals surface area contributed by atoms with Crippen molar-refractivity contribution in [2.75, 3.05) is 5.32 Å². The zero-order valence-electron chi connectivity index (χ0n) is 15.1. The lowest BCUT2D eigenvalue weighted by Gasteiger charge is -2.34. The molecule has 1 aromatic heterocycles. The van der Waals surface area contributed by atoms with E-state index in [1.807, 2.05) is 12.1 Å². The minimum absolute atomic E-state index is 0.0218. The van der Waals surface area contributed by atoms with Crippen LogP contribution in [0.3, 0.4) is 0 Å². The molecule has 1 aliphatic carbocycles. The largest absolute Gasteiger partial charge is 0.353 e. The van der Waals surface area contributed by atoms with E-state index in [4.69, 9.17) is 23.2 Å². The number of hydrogen-bond acceptors (Lipinski definition) is 3. The van der Waals surface area contributed by atoms with E-state index in [-0.39, 0.29) is 17.5 Å². The van der Waals surface area contributed by atoms with E-state index in [0.717, 1.165) is 35.4 Å². The van der Waals surface area contributed by atoms with Crippen molar-refractivity contribution in [3.8, 4) is 0 Å². The van der Waals surface area contributed by atoms with Gasteiger partial charge in [-0.15, -0.1) is 11.3 Å². The van der Waals surface area contributed by atoms with Crippen LogP contribution in [0.1, 0.15) is 59.7 Å². The Hall–Kier alpha value is -1.23. The fourth-order valence-electron chi connectivity index (χ4n) is 3.94. The molecule has 0 radical (unpaired) electrons. The topological polar surface area (TPSA) is 41.1 Å². The van der Waals surface area contributed by atoms with Crippen molar-refractivity contribution >= 4 is 45.4 Å². The van der Waals surface area contributed by atoms with Crippen molar-refractivity contribution in [2.45, 2.75) is 46.2 Å². The maximum atomic E-state index is 12.9. The molecule has 26 heavy (non-hydrogen) atoms. The quantitative estimate of drug-likeness (QED) is 0.601. The van der Waals surface area contributed by atoms with E-state index in [0.29, 0.717) is 16.0 Å². The molecule has 0 saturated heterocycles. The summed E-state index contributed by atoms with van der Waals surface area (Å²) in [5.41, 5.74) is 3.13. The fraction of sp³-hybridized carbons (Fsp3) is 0.450. The van der Waals surface area contributed by atoms with Crippen molar-refractivity contribution in [2.24, 2.45) is 11.3 Å². The van der Waals surface area contributed by atoms with Crippen LogP contribution in [-0.4, -0.2) is 5.91 Å². The lowest BCUT2D eigenvalue weighted by atomic mass is 9.72. The van der Waals surface area contributed by atoms with Crippen LogP contribution in [0.25, 0.3) is 0 Å². The molecule has 6 heteroatoms. The number of hydrogen-bond donors (Lipinski definition) is 2. The highest BCUT2D eigenvalue weighted by molar-refractivity contribution is 7.16. The number of carbonyl (C=O) groups excluding carboxylic acids is 1.